The van der Waals surface area contributed by atoms with Crippen LogP contribution in [-0.2, 0) is 9.47 Å². The molecular weight excluding hydrogens is 248 g/mol. The second kappa shape index (κ2) is 7.31. The van der Waals surface area contributed by atoms with Gasteiger partial charge in [0.15, 0.2) is 0 Å². The van der Waals surface area contributed by atoms with Crippen molar-refractivity contribution in [3.05, 3.63) is 0 Å². The molecule has 0 bridgehead atoms. The molecule has 6 atom stereocenters. The Labute approximate surface area is 104 Å². The average molecular weight is 268 g/mol. The van der Waals surface area contributed by atoms with Gasteiger partial charge in [-0.1, -0.05) is 0 Å². The van der Waals surface area contributed by atoms with Crippen LogP contribution in [0.4, 0.5) is 0 Å². The monoisotopic (exact) mass is 268 g/mol. The Morgan fingerprint density at radius 2 is 1.61 bits per heavy atom. The van der Waals surface area contributed by atoms with E-state index in [0.717, 1.165) is 0 Å². The van der Waals surface area contributed by atoms with E-state index in [1.807, 2.05) is 0 Å². The van der Waals surface area contributed by atoms with Gasteiger partial charge in [-0.25, -0.2) is 0 Å². The molecule has 18 heavy (non-hydrogen) atoms. The number of rotatable bonds is 6. The Hall–Kier alpha value is -0.320. The summed E-state index contributed by atoms with van der Waals surface area (Å²) in [5.74, 6) is 0. The van der Waals surface area contributed by atoms with Gasteiger partial charge < -0.3 is 40.1 Å². The summed E-state index contributed by atoms with van der Waals surface area (Å²) in [5, 5.41) is 55.2. The normalized spacial score (nSPS) is 38.7. The van der Waals surface area contributed by atoms with E-state index >= 15 is 0 Å². The summed E-state index contributed by atoms with van der Waals surface area (Å²) in [6.07, 6.45) is -7.12. The first-order valence-corrected chi connectivity index (χ1v) is 5.68. The molecule has 8 nitrogen and oxygen atoms in total. The van der Waals surface area contributed by atoms with Crippen molar-refractivity contribution in [2.24, 2.45) is 0 Å². The topological polar surface area (TPSA) is 140 Å². The Bertz CT molecular complexity index is 236. The van der Waals surface area contributed by atoms with E-state index in [9.17, 15) is 15.3 Å². The minimum Gasteiger partial charge on any atom is -0.394 e. The molecule has 6 N–H and O–H groups in total. The third-order valence-corrected chi connectivity index (χ3v) is 2.79. The van der Waals surface area contributed by atoms with Gasteiger partial charge in [0.05, 0.1) is 26.4 Å². The molecule has 8 heteroatoms. The standard InChI is InChI=1S/C10H20O8/c11-1-5(13)3-17-4-7-9(15)10(16)8(14)6(2-12)18-7/h5-16H,1-4H2/t5-,6-,7-,8+,9+,10+/m1/s1. The molecular formula is C10H20O8. The van der Waals surface area contributed by atoms with Gasteiger partial charge in [-0.15, -0.1) is 0 Å². The average Bonchev–Trinajstić information content (AvgIpc) is 2.38. The number of aliphatic hydroxyl groups is 6. The Morgan fingerprint density at radius 1 is 1.00 bits per heavy atom. The maximum absolute atomic E-state index is 9.64. The Morgan fingerprint density at radius 3 is 2.17 bits per heavy atom. The highest BCUT2D eigenvalue weighted by atomic mass is 16.6. The second-order valence-electron chi connectivity index (χ2n) is 4.24. The van der Waals surface area contributed by atoms with Crippen molar-refractivity contribution in [3.63, 3.8) is 0 Å². The van der Waals surface area contributed by atoms with Gasteiger partial charge in [0.1, 0.15) is 36.6 Å². The summed E-state index contributed by atoms with van der Waals surface area (Å²) in [4.78, 5) is 0. The molecule has 0 saturated carbocycles. The molecule has 1 aliphatic rings. The van der Waals surface area contributed by atoms with Crippen molar-refractivity contribution in [1.82, 2.24) is 0 Å². The van der Waals surface area contributed by atoms with Crippen molar-refractivity contribution >= 4 is 0 Å². The van der Waals surface area contributed by atoms with Crippen LogP contribution in [0.25, 0.3) is 0 Å². The van der Waals surface area contributed by atoms with Crippen LogP contribution >= 0.6 is 0 Å². The van der Waals surface area contributed by atoms with Crippen LogP contribution in [0.1, 0.15) is 0 Å². The molecule has 0 aromatic rings. The molecule has 0 amide bonds. The molecule has 1 fully saturated rings. The fourth-order valence-corrected chi connectivity index (χ4v) is 1.69. The maximum Gasteiger partial charge on any atom is 0.111 e. The zero-order valence-corrected chi connectivity index (χ0v) is 9.79. The number of aliphatic hydroxyl groups excluding tert-OH is 6. The molecule has 1 aliphatic heterocycles. The van der Waals surface area contributed by atoms with E-state index in [0.29, 0.717) is 0 Å². The predicted molar refractivity (Wildman–Crippen MR) is 57.7 cm³/mol. The smallest absolute Gasteiger partial charge is 0.111 e. The first-order valence-electron chi connectivity index (χ1n) is 5.68. The number of hydrogen-bond donors (Lipinski definition) is 6. The zero-order valence-electron chi connectivity index (χ0n) is 9.79. The molecule has 0 aliphatic carbocycles. The molecule has 108 valence electrons. The summed E-state index contributed by atoms with van der Waals surface area (Å²) in [6, 6.07) is 0. The molecule has 0 unspecified atom stereocenters. The molecule has 1 rings (SSSR count). The lowest BCUT2D eigenvalue weighted by molar-refractivity contribution is -0.240. The van der Waals surface area contributed by atoms with Crippen LogP contribution in [0.5, 0.6) is 0 Å². The van der Waals surface area contributed by atoms with Crippen molar-refractivity contribution in [1.29, 1.82) is 0 Å². The van der Waals surface area contributed by atoms with Crippen molar-refractivity contribution in [2.75, 3.05) is 26.4 Å². The van der Waals surface area contributed by atoms with Gasteiger partial charge >= 0.3 is 0 Å². The number of hydrogen-bond acceptors (Lipinski definition) is 8. The fourth-order valence-electron chi connectivity index (χ4n) is 1.69. The van der Waals surface area contributed by atoms with Crippen LogP contribution in [0.15, 0.2) is 0 Å². The highest BCUT2D eigenvalue weighted by Gasteiger charge is 2.43. The van der Waals surface area contributed by atoms with Gasteiger partial charge in [-0.05, 0) is 0 Å². The predicted octanol–water partition coefficient (Wildman–Crippen LogP) is -3.80. The lowest BCUT2D eigenvalue weighted by Gasteiger charge is -2.39. The van der Waals surface area contributed by atoms with Crippen molar-refractivity contribution in [2.45, 2.75) is 36.6 Å². The largest absolute Gasteiger partial charge is 0.394 e. The summed E-state index contributed by atoms with van der Waals surface area (Å²) in [6.45, 7) is -1.24. The van der Waals surface area contributed by atoms with E-state index < -0.39 is 49.8 Å². The SMILES string of the molecule is OC[C@@H](O)COC[C@H]1O[C@H](CO)[C@H](O)[C@H](O)[C@H]1O. The Balaban J connectivity index is 2.44. The van der Waals surface area contributed by atoms with Gasteiger partial charge in [0.25, 0.3) is 0 Å². The Kier molecular flexibility index (Phi) is 6.39. The van der Waals surface area contributed by atoms with Crippen LogP contribution in [-0.4, -0.2) is 93.7 Å². The molecule has 1 heterocycles. The maximum atomic E-state index is 9.64. The van der Waals surface area contributed by atoms with E-state index in [2.05, 4.69) is 0 Å². The summed E-state index contributed by atoms with van der Waals surface area (Å²) in [5.41, 5.74) is 0. The molecule has 0 spiro atoms. The fraction of sp³-hybridized carbons (Fsp3) is 1.00. The highest BCUT2D eigenvalue weighted by Crippen LogP contribution is 2.21. The molecule has 0 aromatic heterocycles. The summed E-state index contributed by atoms with van der Waals surface area (Å²) in [7, 11) is 0. The van der Waals surface area contributed by atoms with E-state index in [4.69, 9.17) is 24.8 Å². The molecule has 0 radical (unpaired) electrons. The van der Waals surface area contributed by atoms with E-state index in [-0.39, 0.29) is 13.2 Å². The lowest BCUT2D eigenvalue weighted by Crippen LogP contribution is -2.59. The van der Waals surface area contributed by atoms with E-state index in [1.54, 1.807) is 0 Å². The third kappa shape index (κ3) is 3.84. The lowest BCUT2D eigenvalue weighted by atomic mass is 9.95. The van der Waals surface area contributed by atoms with Crippen LogP contribution in [0.3, 0.4) is 0 Å². The van der Waals surface area contributed by atoms with Gasteiger partial charge in [-0.2, -0.15) is 0 Å². The molecule has 1 saturated heterocycles. The third-order valence-electron chi connectivity index (χ3n) is 2.79. The number of ether oxygens (including phenoxy) is 2. The first kappa shape index (κ1) is 15.7. The molecule has 0 aromatic carbocycles. The van der Waals surface area contributed by atoms with Gasteiger partial charge in [0, 0.05) is 0 Å². The van der Waals surface area contributed by atoms with Crippen molar-refractivity contribution in [3.8, 4) is 0 Å². The van der Waals surface area contributed by atoms with Crippen molar-refractivity contribution < 1.29 is 40.1 Å². The van der Waals surface area contributed by atoms with Gasteiger partial charge in [-0.3, -0.25) is 0 Å². The van der Waals surface area contributed by atoms with Crippen LogP contribution in [0.2, 0.25) is 0 Å². The summed E-state index contributed by atoms with van der Waals surface area (Å²) >= 11 is 0. The summed E-state index contributed by atoms with van der Waals surface area (Å²) < 4.78 is 10.2. The zero-order chi connectivity index (χ0) is 13.7. The second-order valence-corrected chi connectivity index (χ2v) is 4.24. The highest BCUT2D eigenvalue weighted by molar-refractivity contribution is 4.91. The quantitative estimate of drug-likeness (QED) is 0.288. The van der Waals surface area contributed by atoms with Crippen LogP contribution < -0.4 is 0 Å². The minimum atomic E-state index is -1.44. The van der Waals surface area contributed by atoms with E-state index in [1.165, 1.54) is 0 Å². The minimum absolute atomic E-state index is 0.140. The van der Waals surface area contributed by atoms with Crippen LogP contribution in [0, 0.1) is 0 Å². The van der Waals surface area contributed by atoms with Gasteiger partial charge in [0.2, 0.25) is 0 Å². The first-order chi connectivity index (χ1) is 8.51.